The molecule has 0 saturated heterocycles. The molecule has 0 aromatic carbocycles. The highest BCUT2D eigenvalue weighted by atomic mass is 16.5. The first-order chi connectivity index (χ1) is 6.40. The summed E-state index contributed by atoms with van der Waals surface area (Å²) in [4.78, 5) is 7.93. The van der Waals surface area contributed by atoms with Crippen molar-refractivity contribution in [3.05, 3.63) is 30.9 Å². The van der Waals surface area contributed by atoms with Crippen LogP contribution >= 0.6 is 0 Å². The summed E-state index contributed by atoms with van der Waals surface area (Å²) in [5.74, 6) is 1.22. The second kappa shape index (κ2) is 3.22. The Balaban J connectivity index is 2.41. The van der Waals surface area contributed by atoms with E-state index in [0.717, 1.165) is 0 Å². The Hall–Kier alpha value is -1.91. The molecule has 0 bridgehead atoms. The first-order valence-electron chi connectivity index (χ1n) is 3.76. The number of aromatic nitrogens is 4. The average Bonchev–Trinajstić information content (AvgIpc) is 2.71. The SMILES string of the molecule is COc1cc(-n2cccn2)ncn1. The van der Waals surface area contributed by atoms with Crippen LogP contribution in [0.25, 0.3) is 5.82 Å². The van der Waals surface area contributed by atoms with Gasteiger partial charge in [-0.1, -0.05) is 0 Å². The van der Waals surface area contributed by atoms with Gasteiger partial charge in [-0.05, 0) is 6.07 Å². The summed E-state index contributed by atoms with van der Waals surface area (Å²) in [5, 5.41) is 4.03. The van der Waals surface area contributed by atoms with Crippen molar-refractivity contribution in [2.24, 2.45) is 0 Å². The average molecular weight is 176 g/mol. The van der Waals surface area contributed by atoms with E-state index in [1.807, 2.05) is 12.3 Å². The molecule has 2 aromatic rings. The molecule has 0 aliphatic carbocycles. The minimum atomic E-state index is 0.528. The third-order valence-electron chi connectivity index (χ3n) is 1.58. The van der Waals surface area contributed by atoms with Crippen LogP contribution in [0.1, 0.15) is 0 Å². The van der Waals surface area contributed by atoms with Gasteiger partial charge in [0.2, 0.25) is 5.88 Å². The summed E-state index contributed by atoms with van der Waals surface area (Å²) in [5.41, 5.74) is 0. The summed E-state index contributed by atoms with van der Waals surface area (Å²) < 4.78 is 6.60. The van der Waals surface area contributed by atoms with Crippen LogP contribution in [-0.2, 0) is 0 Å². The highest BCUT2D eigenvalue weighted by Gasteiger charge is 1.99. The molecule has 0 saturated carbocycles. The van der Waals surface area contributed by atoms with Crippen LogP contribution in [0.2, 0.25) is 0 Å². The predicted molar refractivity (Wildman–Crippen MR) is 45.7 cm³/mol. The first-order valence-corrected chi connectivity index (χ1v) is 3.76. The molecule has 0 amide bonds. The zero-order chi connectivity index (χ0) is 9.10. The van der Waals surface area contributed by atoms with Gasteiger partial charge in [0.05, 0.1) is 7.11 Å². The maximum atomic E-state index is 4.96. The van der Waals surface area contributed by atoms with Crippen LogP contribution in [0.15, 0.2) is 30.9 Å². The predicted octanol–water partition coefficient (Wildman–Crippen LogP) is 0.671. The largest absolute Gasteiger partial charge is 0.481 e. The monoisotopic (exact) mass is 176 g/mol. The molecule has 0 fully saturated rings. The fraction of sp³-hybridized carbons (Fsp3) is 0.125. The molecule has 13 heavy (non-hydrogen) atoms. The van der Waals surface area contributed by atoms with Crippen LogP contribution in [-0.4, -0.2) is 26.9 Å². The number of methoxy groups -OCH3 is 1. The second-order valence-corrected chi connectivity index (χ2v) is 2.37. The van der Waals surface area contributed by atoms with Gasteiger partial charge in [0.15, 0.2) is 5.82 Å². The molecule has 0 unspecified atom stereocenters. The molecule has 66 valence electrons. The fourth-order valence-electron chi connectivity index (χ4n) is 0.971. The maximum absolute atomic E-state index is 4.96. The van der Waals surface area contributed by atoms with Crippen molar-refractivity contribution < 1.29 is 4.74 Å². The molecule has 0 N–H and O–H groups in total. The molecule has 2 aromatic heterocycles. The van der Waals surface area contributed by atoms with Crippen molar-refractivity contribution in [2.45, 2.75) is 0 Å². The third kappa shape index (κ3) is 1.48. The summed E-state index contributed by atoms with van der Waals surface area (Å²) in [6.07, 6.45) is 4.94. The van der Waals surface area contributed by atoms with E-state index in [-0.39, 0.29) is 0 Å². The number of nitrogens with zero attached hydrogens (tertiary/aromatic N) is 4. The summed E-state index contributed by atoms with van der Waals surface area (Å²) in [6, 6.07) is 3.54. The molecule has 5 heteroatoms. The Kier molecular flexibility index (Phi) is 1.91. The first kappa shape index (κ1) is 7.72. The fourth-order valence-corrected chi connectivity index (χ4v) is 0.971. The number of rotatable bonds is 2. The smallest absolute Gasteiger partial charge is 0.218 e. The topological polar surface area (TPSA) is 52.8 Å². The van der Waals surface area contributed by atoms with Crippen LogP contribution in [0.5, 0.6) is 5.88 Å². The minimum absolute atomic E-state index is 0.528. The molecule has 0 spiro atoms. The van der Waals surface area contributed by atoms with Crippen LogP contribution in [0.4, 0.5) is 0 Å². The Morgan fingerprint density at radius 3 is 3.00 bits per heavy atom. The van der Waals surface area contributed by atoms with Gasteiger partial charge in [-0.3, -0.25) is 0 Å². The Morgan fingerprint density at radius 1 is 1.38 bits per heavy atom. The van der Waals surface area contributed by atoms with Gasteiger partial charge in [0.25, 0.3) is 0 Å². The van der Waals surface area contributed by atoms with Gasteiger partial charge in [-0.2, -0.15) is 5.10 Å². The lowest BCUT2D eigenvalue weighted by molar-refractivity contribution is 0.396. The maximum Gasteiger partial charge on any atom is 0.218 e. The quantitative estimate of drug-likeness (QED) is 0.674. The van der Waals surface area contributed by atoms with Crippen LogP contribution < -0.4 is 4.74 Å². The van der Waals surface area contributed by atoms with Crippen molar-refractivity contribution in [1.82, 2.24) is 19.7 Å². The van der Waals surface area contributed by atoms with E-state index in [1.165, 1.54) is 6.33 Å². The van der Waals surface area contributed by atoms with Gasteiger partial charge in [0.1, 0.15) is 6.33 Å². The summed E-state index contributed by atoms with van der Waals surface area (Å²) in [6.45, 7) is 0. The summed E-state index contributed by atoms with van der Waals surface area (Å²) in [7, 11) is 1.56. The van der Waals surface area contributed by atoms with Crippen LogP contribution in [0, 0.1) is 0 Å². The standard InChI is InChI=1S/C8H8N4O/c1-13-8-5-7(9-6-10-8)12-4-2-3-11-12/h2-6H,1H3. The van der Waals surface area contributed by atoms with Crippen molar-refractivity contribution in [3.63, 3.8) is 0 Å². The molecule has 0 aliphatic heterocycles. The molecular formula is C8H8N4O. The minimum Gasteiger partial charge on any atom is -0.481 e. The molecule has 2 heterocycles. The normalized spacial score (nSPS) is 9.92. The molecule has 2 rings (SSSR count). The van der Waals surface area contributed by atoms with Gasteiger partial charge in [0, 0.05) is 18.5 Å². The van der Waals surface area contributed by atoms with E-state index < -0.39 is 0 Å². The van der Waals surface area contributed by atoms with Gasteiger partial charge >= 0.3 is 0 Å². The van der Waals surface area contributed by atoms with Crippen LogP contribution in [0.3, 0.4) is 0 Å². The Labute approximate surface area is 75.0 Å². The van der Waals surface area contributed by atoms with Crippen molar-refractivity contribution in [3.8, 4) is 11.7 Å². The Morgan fingerprint density at radius 2 is 2.31 bits per heavy atom. The van der Waals surface area contributed by atoms with E-state index in [9.17, 15) is 0 Å². The molecule has 0 radical (unpaired) electrons. The van der Waals surface area contributed by atoms with E-state index in [0.29, 0.717) is 11.7 Å². The van der Waals surface area contributed by atoms with E-state index in [2.05, 4.69) is 15.1 Å². The van der Waals surface area contributed by atoms with Crippen molar-refractivity contribution >= 4 is 0 Å². The molecule has 0 aliphatic rings. The van der Waals surface area contributed by atoms with Gasteiger partial charge < -0.3 is 4.74 Å². The Bertz CT molecular complexity index is 385. The zero-order valence-corrected chi connectivity index (χ0v) is 7.08. The van der Waals surface area contributed by atoms with Crippen molar-refractivity contribution in [2.75, 3.05) is 7.11 Å². The molecule has 0 atom stereocenters. The molecular weight excluding hydrogens is 168 g/mol. The zero-order valence-electron chi connectivity index (χ0n) is 7.08. The highest BCUT2D eigenvalue weighted by Crippen LogP contribution is 2.08. The highest BCUT2D eigenvalue weighted by molar-refractivity contribution is 5.25. The lowest BCUT2D eigenvalue weighted by Crippen LogP contribution is -1.99. The van der Waals surface area contributed by atoms with Gasteiger partial charge in [-0.15, -0.1) is 0 Å². The number of ether oxygens (including phenoxy) is 1. The van der Waals surface area contributed by atoms with E-state index in [1.54, 1.807) is 24.1 Å². The van der Waals surface area contributed by atoms with E-state index in [4.69, 9.17) is 4.74 Å². The third-order valence-corrected chi connectivity index (χ3v) is 1.58. The summed E-state index contributed by atoms with van der Waals surface area (Å²) >= 11 is 0. The van der Waals surface area contributed by atoms with Gasteiger partial charge in [-0.25, -0.2) is 14.6 Å². The number of hydrogen-bond donors (Lipinski definition) is 0. The lowest BCUT2D eigenvalue weighted by atomic mass is 10.5. The lowest BCUT2D eigenvalue weighted by Gasteiger charge is -2.01. The second-order valence-electron chi connectivity index (χ2n) is 2.37. The molecule has 5 nitrogen and oxygen atoms in total. The number of hydrogen-bond acceptors (Lipinski definition) is 4. The van der Waals surface area contributed by atoms with Crippen molar-refractivity contribution in [1.29, 1.82) is 0 Å². The van der Waals surface area contributed by atoms with E-state index >= 15 is 0 Å².